The Hall–Kier alpha value is -2.41. The molecule has 1 amide bonds. The van der Waals surface area contributed by atoms with Gasteiger partial charge >= 0.3 is 0 Å². The Kier molecular flexibility index (Phi) is 4.31. The second-order valence-electron chi connectivity index (χ2n) is 4.40. The Morgan fingerprint density at radius 1 is 1.35 bits per heavy atom. The molecular weight excluding hydrogens is 258 g/mol. The minimum atomic E-state index is -0.283. The summed E-state index contributed by atoms with van der Waals surface area (Å²) in [7, 11) is 0. The summed E-state index contributed by atoms with van der Waals surface area (Å²) in [4.78, 5) is 16.4. The van der Waals surface area contributed by atoms with Crippen molar-refractivity contribution in [2.45, 2.75) is 26.7 Å². The van der Waals surface area contributed by atoms with Crippen LogP contribution in [0.2, 0.25) is 0 Å². The number of nitrogens with two attached hydrogens (primary N) is 1. The van der Waals surface area contributed by atoms with Crippen LogP contribution in [0.5, 0.6) is 0 Å². The molecule has 0 saturated carbocycles. The van der Waals surface area contributed by atoms with E-state index in [4.69, 9.17) is 10.4 Å². The molecule has 106 valence electrons. The molecular formula is C13H17N5O2. The molecule has 7 heteroatoms. The number of hydrazine groups is 1. The number of carbonyl (C=O) groups excluding carboxylic acids is 1. The number of amides is 1. The Morgan fingerprint density at radius 2 is 2.15 bits per heavy atom. The monoisotopic (exact) mass is 275 g/mol. The van der Waals surface area contributed by atoms with Crippen molar-refractivity contribution in [3.8, 4) is 0 Å². The van der Waals surface area contributed by atoms with Crippen molar-refractivity contribution in [2.75, 3.05) is 10.7 Å². The van der Waals surface area contributed by atoms with Crippen molar-refractivity contribution in [2.24, 2.45) is 5.84 Å². The molecule has 2 heterocycles. The molecule has 0 bridgehead atoms. The molecule has 2 aromatic rings. The van der Waals surface area contributed by atoms with Gasteiger partial charge in [0.15, 0.2) is 5.82 Å². The average molecular weight is 275 g/mol. The third-order valence-electron chi connectivity index (χ3n) is 2.66. The molecule has 0 aliphatic carbocycles. The van der Waals surface area contributed by atoms with Gasteiger partial charge in [-0.2, -0.15) is 0 Å². The zero-order valence-electron chi connectivity index (χ0n) is 11.4. The lowest BCUT2D eigenvalue weighted by atomic mass is 10.1. The van der Waals surface area contributed by atoms with Crippen LogP contribution in [-0.2, 0) is 6.42 Å². The smallest absolute Gasteiger partial charge is 0.257 e. The summed E-state index contributed by atoms with van der Waals surface area (Å²) < 4.78 is 4.90. The lowest BCUT2D eigenvalue weighted by molar-refractivity contribution is 0.102. The molecule has 0 radical (unpaired) electrons. The number of aryl methyl sites for hydroxylation is 2. The highest BCUT2D eigenvalue weighted by atomic mass is 16.5. The third-order valence-corrected chi connectivity index (χ3v) is 2.66. The maximum atomic E-state index is 12.2. The van der Waals surface area contributed by atoms with Crippen LogP contribution in [0.4, 0.5) is 11.6 Å². The van der Waals surface area contributed by atoms with Gasteiger partial charge in [0.25, 0.3) is 5.91 Å². The average Bonchev–Trinajstić information content (AvgIpc) is 2.84. The molecule has 2 aromatic heterocycles. The summed E-state index contributed by atoms with van der Waals surface area (Å²) in [5, 5.41) is 6.38. The first-order chi connectivity index (χ1) is 9.62. The van der Waals surface area contributed by atoms with E-state index in [1.807, 2.05) is 6.92 Å². The first-order valence-corrected chi connectivity index (χ1v) is 6.34. The maximum Gasteiger partial charge on any atom is 0.257 e. The molecule has 20 heavy (non-hydrogen) atoms. The van der Waals surface area contributed by atoms with Crippen molar-refractivity contribution in [1.82, 2.24) is 10.1 Å². The minimum absolute atomic E-state index is 0.283. The second kappa shape index (κ2) is 6.16. The topological polar surface area (TPSA) is 106 Å². The van der Waals surface area contributed by atoms with Crippen LogP contribution in [-0.4, -0.2) is 16.0 Å². The first kappa shape index (κ1) is 14.0. The van der Waals surface area contributed by atoms with E-state index in [0.29, 0.717) is 23.0 Å². The Balaban J connectivity index is 2.21. The van der Waals surface area contributed by atoms with Gasteiger partial charge in [0.05, 0.1) is 0 Å². The number of hydrogen-bond donors (Lipinski definition) is 3. The fourth-order valence-electron chi connectivity index (χ4n) is 1.79. The summed E-state index contributed by atoms with van der Waals surface area (Å²) in [6.07, 6.45) is 1.71. The van der Waals surface area contributed by atoms with Gasteiger partial charge < -0.3 is 15.3 Å². The van der Waals surface area contributed by atoms with Gasteiger partial charge in [0, 0.05) is 17.3 Å². The molecule has 0 fully saturated rings. The van der Waals surface area contributed by atoms with Crippen LogP contribution >= 0.6 is 0 Å². The summed E-state index contributed by atoms with van der Waals surface area (Å²) in [6, 6.07) is 4.97. The van der Waals surface area contributed by atoms with E-state index in [9.17, 15) is 4.79 Å². The molecule has 0 saturated heterocycles. The third kappa shape index (κ3) is 3.33. The Labute approximate surface area is 116 Å². The zero-order chi connectivity index (χ0) is 14.5. The fraction of sp³-hybridized carbons (Fsp3) is 0.308. The summed E-state index contributed by atoms with van der Waals surface area (Å²) in [5.41, 5.74) is 3.74. The lowest BCUT2D eigenvalue weighted by Gasteiger charge is -2.07. The van der Waals surface area contributed by atoms with Gasteiger partial charge in [-0.05, 0) is 25.5 Å². The first-order valence-electron chi connectivity index (χ1n) is 6.34. The quantitative estimate of drug-likeness (QED) is 0.568. The summed E-state index contributed by atoms with van der Waals surface area (Å²) >= 11 is 0. The van der Waals surface area contributed by atoms with E-state index in [2.05, 4.69) is 20.9 Å². The van der Waals surface area contributed by atoms with Crippen LogP contribution in [0.1, 0.15) is 35.2 Å². The van der Waals surface area contributed by atoms with E-state index in [-0.39, 0.29) is 5.91 Å². The van der Waals surface area contributed by atoms with Gasteiger partial charge in [0.1, 0.15) is 11.6 Å². The van der Waals surface area contributed by atoms with Crippen LogP contribution in [0.3, 0.4) is 0 Å². The van der Waals surface area contributed by atoms with E-state index in [1.54, 1.807) is 25.1 Å². The van der Waals surface area contributed by atoms with Crippen LogP contribution in [0.15, 0.2) is 22.7 Å². The molecule has 4 N–H and O–H groups in total. The predicted octanol–water partition coefficient (Wildman–Crippen LogP) is 1.87. The number of carbonyl (C=O) groups is 1. The number of nitrogens with zero attached hydrogens (tertiary/aromatic N) is 2. The van der Waals surface area contributed by atoms with E-state index < -0.39 is 0 Å². The van der Waals surface area contributed by atoms with E-state index in [1.165, 1.54) is 0 Å². The largest absolute Gasteiger partial charge is 0.360 e. The highest BCUT2D eigenvalue weighted by Gasteiger charge is 2.11. The maximum absolute atomic E-state index is 12.2. The molecule has 0 aliphatic rings. The SMILES string of the molecule is CCCc1cc(C(=O)Nc2cc(C)on2)cc(NN)n1. The van der Waals surface area contributed by atoms with Crippen molar-refractivity contribution in [3.63, 3.8) is 0 Å². The molecule has 0 unspecified atom stereocenters. The highest BCUT2D eigenvalue weighted by Crippen LogP contribution is 2.14. The van der Waals surface area contributed by atoms with Crippen molar-refractivity contribution >= 4 is 17.5 Å². The molecule has 7 nitrogen and oxygen atoms in total. The number of pyridine rings is 1. The number of nitrogens with one attached hydrogen (secondary N) is 2. The Bertz CT molecular complexity index is 609. The number of hydrogen-bond acceptors (Lipinski definition) is 6. The second-order valence-corrected chi connectivity index (χ2v) is 4.40. The lowest BCUT2D eigenvalue weighted by Crippen LogP contribution is -2.15. The van der Waals surface area contributed by atoms with Crippen molar-refractivity contribution in [3.05, 3.63) is 35.2 Å². The van der Waals surface area contributed by atoms with Crippen LogP contribution < -0.4 is 16.6 Å². The molecule has 0 aromatic carbocycles. The summed E-state index contributed by atoms with van der Waals surface area (Å²) in [6.45, 7) is 3.80. The van der Waals surface area contributed by atoms with Crippen LogP contribution in [0, 0.1) is 6.92 Å². The zero-order valence-corrected chi connectivity index (χ0v) is 11.4. The van der Waals surface area contributed by atoms with E-state index >= 15 is 0 Å². The minimum Gasteiger partial charge on any atom is -0.360 e. The number of nitrogen functional groups attached to an aromatic ring is 1. The molecule has 2 rings (SSSR count). The van der Waals surface area contributed by atoms with Gasteiger partial charge in [-0.1, -0.05) is 18.5 Å². The van der Waals surface area contributed by atoms with Crippen molar-refractivity contribution < 1.29 is 9.32 Å². The standard InChI is InChI=1S/C13H17N5O2/c1-3-4-10-6-9(7-11(15-10)17-14)13(19)16-12-5-8(2)20-18-12/h5-7H,3-4,14H2,1-2H3,(H,15,17)(H,16,18,19). The van der Waals surface area contributed by atoms with Gasteiger partial charge in [-0.3, -0.25) is 4.79 Å². The normalized spacial score (nSPS) is 10.3. The summed E-state index contributed by atoms with van der Waals surface area (Å²) in [5.74, 6) is 6.55. The number of rotatable bonds is 5. The van der Waals surface area contributed by atoms with Crippen LogP contribution in [0.25, 0.3) is 0 Å². The molecule has 0 spiro atoms. The van der Waals surface area contributed by atoms with E-state index in [0.717, 1.165) is 18.5 Å². The highest BCUT2D eigenvalue weighted by molar-refractivity contribution is 6.04. The number of aromatic nitrogens is 2. The van der Waals surface area contributed by atoms with Gasteiger partial charge in [0.2, 0.25) is 0 Å². The molecule has 0 aliphatic heterocycles. The predicted molar refractivity (Wildman–Crippen MR) is 75.2 cm³/mol. The van der Waals surface area contributed by atoms with Crippen molar-refractivity contribution in [1.29, 1.82) is 0 Å². The molecule has 0 atom stereocenters. The van der Waals surface area contributed by atoms with Gasteiger partial charge in [-0.25, -0.2) is 10.8 Å². The van der Waals surface area contributed by atoms with Gasteiger partial charge in [-0.15, -0.1) is 0 Å². The Morgan fingerprint density at radius 3 is 2.75 bits per heavy atom. The number of anilines is 2. The fourth-order valence-corrected chi connectivity index (χ4v) is 1.79.